The molecule has 3 nitrogen and oxygen atoms in total. The van der Waals surface area contributed by atoms with Crippen LogP contribution in [0.4, 0.5) is 0 Å². The highest BCUT2D eigenvalue weighted by atomic mass is 16.5. The Kier molecular flexibility index (Phi) is 8.78. The second-order valence-electron chi connectivity index (χ2n) is 8.48. The third-order valence-corrected chi connectivity index (χ3v) is 5.61. The van der Waals surface area contributed by atoms with Gasteiger partial charge in [0.1, 0.15) is 5.78 Å². The summed E-state index contributed by atoms with van der Waals surface area (Å²) < 4.78 is 11.6. The van der Waals surface area contributed by atoms with Crippen LogP contribution in [0.3, 0.4) is 0 Å². The molecule has 0 heterocycles. The van der Waals surface area contributed by atoms with Crippen LogP contribution < -0.4 is 0 Å². The van der Waals surface area contributed by atoms with Crippen LogP contribution in [0, 0.1) is 0 Å². The van der Waals surface area contributed by atoms with Gasteiger partial charge in [-0.2, -0.15) is 0 Å². The first-order chi connectivity index (χ1) is 16.7. The number of hydrogen-bond acceptors (Lipinski definition) is 3. The lowest BCUT2D eigenvalue weighted by atomic mass is 10.0. The van der Waals surface area contributed by atoms with E-state index < -0.39 is 0 Å². The van der Waals surface area contributed by atoms with Crippen LogP contribution in [0.1, 0.15) is 33.4 Å². The third-order valence-electron chi connectivity index (χ3n) is 5.61. The van der Waals surface area contributed by atoms with E-state index in [4.69, 9.17) is 9.47 Å². The average Bonchev–Trinajstić information content (AvgIpc) is 2.87. The predicted molar refractivity (Wildman–Crippen MR) is 135 cm³/mol. The summed E-state index contributed by atoms with van der Waals surface area (Å²) in [4.78, 5) is 12.6. The van der Waals surface area contributed by atoms with Gasteiger partial charge in [-0.1, -0.05) is 109 Å². The average molecular weight is 451 g/mol. The van der Waals surface area contributed by atoms with Crippen molar-refractivity contribution in [2.45, 2.75) is 39.3 Å². The Labute approximate surface area is 202 Å². The fraction of sp³-hybridized carbons (Fsp3) is 0.194. The van der Waals surface area contributed by atoms with Crippen LogP contribution in [0.25, 0.3) is 0 Å². The molecule has 0 radical (unpaired) electrons. The van der Waals surface area contributed by atoms with Crippen molar-refractivity contribution in [3.63, 3.8) is 0 Å². The number of hydrogen-bond donors (Lipinski definition) is 0. The number of ketones is 1. The molecule has 4 aromatic carbocycles. The molecule has 0 spiro atoms. The maximum Gasteiger partial charge on any atom is 0.141 e. The number of carbonyl (C=O) groups excluding carboxylic acids is 1. The highest BCUT2D eigenvalue weighted by molar-refractivity contribution is 5.83. The van der Waals surface area contributed by atoms with Crippen molar-refractivity contribution in [2.24, 2.45) is 0 Å². The minimum atomic E-state index is 0.209. The van der Waals surface area contributed by atoms with E-state index in [1.54, 1.807) is 0 Å². The minimum absolute atomic E-state index is 0.209. The number of ether oxygens (including phenoxy) is 2. The zero-order valence-electron chi connectivity index (χ0n) is 19.4. The van der Waals surface area contributed by atoms with Gasteiger partial charge >= 0.3 is 0 Å². The number of carbonyl (C=O) groups is 1. The van der Waals surface area contributed by atoms with E-state index in [0.29, 0.717) is 39.3 Å². The molecule has 0 saturated heterocycles. The number of benzene rings is 4. The molecule has 0 atom stereocenters. The summed E-state index contributed by atoms with van der Waals surface area (Å²) in [5.41, 5.74) is 6.61. The van der Waals surface area contributed by atoms with Gasteiger partial charge in [-0.3, -0.25) is 4.79 Å². The Balaban J connectivity index is 1.18. The van der Waals surface area contributed by atoms with Crippen molar-refractivity contribution >= 4 is 5.78 Å². The molecule has 0 bridgehead atoms. The van der Waals surface area contributed by atoms with Gasteiger partial charge in [-0.05, 0) is 33.4 Å². The van der Waals surface area contributed by atoms with E-state index >= 15 is 0 Å². The summed E-state index contributed by atoms with van der Waals surface area (Å²) in [6.45, 7) is 2.31. The molecule has 0 aliphatic heterocycles. The molecule has 3 heteroatoms. The second-order valence-corrected chi connectivity index (χ2v) is 8.48. The molecule has 0 aliphatic carbocycles. The standard InChI is InChI=1S/C31H30O3/c32-31(19-25-11-15-29(16-12-25)23-33-21-27-7-3-1-4-8-27)20-26-13-17-30(18-14-26)24-34-22-28-9-5-2-6-10-28/h1-18H,19-24H2. The van der Waals surface area contributed by atoms with E-state index in [1.807, 2.05) is 84.9 Å². The topological polar surface area (TPSA) is 35.5 Å². The summed E-state index contributed by atoms with van der Waals surface area (Å²) in [7, 11) is 0. The zero-order valence-corrected chi connectivity index (χ0v) is 19.4. The minimum Gasteiger partial charge on any atom is -0.372 e. The van der Waals surface area contributed by atoms with Crippen molar-refractivity contribution in [3.05, 3.63) is 143 Å². The van der Waals surface area contributed by atoms with Crippen LogP contribution in [0.5, 0.6) is 0 Å². The quantitative estimate of drug-likeness (QED) is 0.248. The normalized spacial score (nSPS) is 10.8. The zero-order chi connectivity index (χ0) is 23.4. The molecule has 0 fully saturated rings. The molecule has 0 unspecified atom stereocenters. The van der Waals surface area contributed by atoms with Gasteiger partial charge in [0.2, 0.25) is 0 Å². The maximum atomic E-state index is 12.6. The van der Waals surface area contributed by atoms with Crippen molar-refractivity contribution in [3.8, 4) is 0 Å². The molecule has 4 rings (SSSR count). The summed E-state index contributed by atoms with van der Waals surface area (Å²) in [5, 5.41) is 0. The van der Waals surface area contributed by atoms with Crippen LogP contribution in [-0.2, 0) is 53.5 Å². The highest BCUT2D eigenvalue weighted by Gasteiger charge is 2.06. The summed E-state index contributed by atoms with van der Waals surface area (Å²) in [5.74, 6) is 0.209. The third kappa shape index (κ3) is 7.80. The van der Waals surface area contributed by atoms with E-state index in [9.17, 15) is 4.79 Å². The number of Topliss-reactive ketones (excluding diaryl/α,β-unsaturated/α-hetero) is 1. The van der Waals surface area contributed by atoms with Gasteiger partial charge in [0.05, 0.1) is 26.4 Å². The first-order valence-corrected chi connectivity index (χ1v) is 11.7. The molecule has 0 aromatic heterocycles. The van der Waals surface area contributed by atoms with Gasteiger partial charge < -0.3 is 9.47 Å². The van der Waals surface area contributed by atoms with E-state index in [1.165, 1.54) is 0 Å². The van der Waals surface area contributed by atoms with Gasteiger partial charge in [0, 0.05) is 12.8 Å². The van der Waals surface area contributed by atoms with Crippen LogP contribution in [-0.4, -0.2) is 5.78 Å². The van der Waals surface area contributed by atoms with Crippen molar-refractivity contribution in [1.29, 1.82) is 0 Å². The molecular weight excluding hydrogens is 420 g/mol. The van der Waals surface area contributed by atoms with Gasteiger partial charge in [-0.15, -0.1) is 0 Å². The lowest BCUT2D eigenvalue weighted by molar-refractivity contribution is -0.117. The molecule has 172 valence electrons. The lowest BCUT2D eigenvalue weighted by Crippen LogP contribution is -2.07. The van der Waals surface area contributed by atoms with Crippen molar-refractivity contribution in [2.75, 3.05) is 0 Å². The molecular formula is C31H30O3. The van der Waals surface area contributed by atoms with Crippen LogP contribution in [0.15, 0.2) is 109 Å². The Morgan fingerprint density at radius 3 is 1.06 bits per heavy atom. The number of rotatable bonds is 12. The second kappa shape index (κ2) is 12.6. The first kappa shape index (κ1) is 23.6. The van der Waals surface area contributed by atoms with Gasteiger partial charge in [-0.25, -0.2) is 0 Å². The van der Waals surface area contributed by atoms with Crippen molar-refractivity contribution in [1.82, 2.24) is 0 Å². The maximum absolute atomic E-state index is 12.6. The largest absolute Gasteiger partial charge is 0.372 e. The van der Waals surface area contributed by atoms with Crippen LogP contribution >= 0.6 is 0 Å². The highest BCUT2D eigenvalue weighted by Crippen LogP contribution is 2.12. The summed E-state index contributed by atoms with van der Waals surface area (Å²) in [6.07, 6.45) is 0.875. The smallest absolute Gasteiger partial charge is 0.141 e. The first-order valence-electron chi connectivity index (χ1n) is 11.7. The molecule has 0 aliphatic rings. The summed E-state index contributed by atoms with van der Waals surface area (Å²) in [6, 6.07) is 36.5. The van der Waals surface area contributed by atoms with E-state index in [-0.39, 0.29) is 5.78 Å². The Bertz CT molecular complexity index is 1040. The van der Waals surface area contributed by atoms with Gasteiger partial charge in [0.25, 0.3) is 0 Å². The van der Waals surface area contributed by atoms with E-state index in [0.717, 1.165) is 33.4 Å². The Hall–Kier alpha value is -3.53. The SMILES string of the molecule is O=C(Cc1ccc(COCc2ccccc2)cc1)Cc1ccc(COCc2ccccc2)cc1. The van der Waals surface area contributed by atoms with Crippen molar-refractivity contribution < 1.29 is 14.3 Å². The predicted octanol–water partition coefficient (Wildman–Crippen LogP) is 6.47. The molecule has 4 aromatic rings. The van der Waals surface area contributed by atoms with Crippen LogP contribution in [0.2, 0.25) is 0 Å². The molecule has 0 amide bonds. The van der Waals surface area contributed by atoms with Gasteiger partial charge in [0.15, 0.2) is 0 Å². The van der Waals surface area contributed by atoms with E-state index in [2.05, 4.69) is 24.3 Å². The lowest BCUT2D eigenvalue weighted by Gasteiger charge is -2.07. The fourth-order valence-electron chi connectivity index (χ4n) is 3.75. The Morgan fingerprint density at radius 2 is 0.706 bits per heavy atom. The fourth-order valence-corrected chi connectivity index (χ4v) is 3.75. The molecule has 0 saturated carbocycles. The molecule has 34 heavy (non-hydrogen) atoms. The monoisotopic (exact) mass is 450 g/mol. The Morgan fingerprint density at radius 1 is 0.412 bits per heavy atom. The summed E-state index contributed by atoms with van der Waals surface area (Å²) >= 11 is 0. The molecule has 0 N–H and O–H groups in total.